The number of carbonyl (C=O) groups excluding carboxylic acids is 2. The van der Waals surface area contributed by atoms with Crippen LogP contribution in [0.15, 0.2) is 48.5 Å². The van der Waals surface area contributed by atoms with Gasteiger partial charge in [-0.25, -0.2) is 9.18 Å². The van der Waals surface area contributed by atoms with E-state index in [0.29, 0.717) is 11.5 Å². The molecule has 0 radical (unpaired) electrons. The SMILES string of the molecule is COC(=O)c1ccc(NC(=S)C(C(C)C)N(Cc2ccccc2)C(C)=O)c(F)c1. The summed E-state index contributed by atoms with van der Waals surface area (Å²) in [5.41, 5.74) is 1.22. The number of anilines is 1. The summed E-state index contributed by atoms with van der Waals surface area (Å²) in [7, 11) is 1.23. The first-order valence-electron chi connectivity index (χ1n) is 9.24. The number of esters is 1. The van der Waals surface area contributed by atoms with E-state index in [1.54, 1.807) is 4.90 Å². The van der Waals surface area contributed by atoms with Gasteiger partial charge in [-0.2, -0.15) is 0 Å². The number of hydrogen-bond acceptors (Lipinski definition) is 4. The number of halogens is 1. The molecule has 1 amide bonds. The van der Waals surface area contributed by atoms with Crippen molar-refractivity contribution >= 4 is 34.8 Å². The van der Waals surface area contributed by atoms with E-state index in [0.717, 1.165) is 11.6 Å². The third kappa shape index (κ3) is 5.84. The lowest BCUT2D eigenvalue weighted by Gasteiger charge is -2.34. The second-order valence-electron chi connectivity index (χ2n) is 7.00. The van der Waals surface area contributed by atoms with Gasteiger partial charge in [0.2, 0.25) is 5.91 Å². The lowest BCUT2D eigenvalue weighted by molar-refractivity contribution is -0.131. The maximum atomic E-state index is 14.5. The van der Waals surface area contributed by atoms with E-state index in [2.05, 4.69) is 10.1 Å². The maximum absolute atomic E-state index is 14.5. The molecule has 2 aromatic rings. The molecule has 0 aliphatic heterocycles. The molecule has 0 fully saturated rings. The first kappa shape index (κ1) is 22.5. The van der Waals surface area contributed by atoms with Crippen molar-refractivity contribution in [2.75, 3.05) is 12.4 Å². The van der Waals surface area contributed by atoms with Crippen LogP contribution in [0, 0.1) is 11.7 Å². The summed E-state index contributed by atoms with van der Waals surface area (Å²) in [4.78, 5) is 25.9. The number of hydrogen-bond donors (Lipinski definition) is 1. The van der Waals surface area contributed by atoms with Crippen LogP contribution in [0.3, 0.4) is 0 Å². The van der Waals surface area contributed by atoms with Gasteiger partial charge in [-0.05, 0) is 29.7 Å². The molecule has 0 spiro atoms. The summed E-state index contributed by atoms with van der Waals surface area (Å²) in [5.74, 6) is -1.38. The van der Waals surface area contributed by atoms with Crippen molar-refractivity contribution in [2.24, 2.45) is 5.92 Å². The Labute approximate surface area is 175 Å². The molecule has 1 N–H and O–H groups in total. The Hall–Kier alpha value is -2.80. The van der Waals surface area contributed by atoms with Gasteiger partial charge in [0.15, 0.2) is 0 Å². The molecule has 0 heterocycles. The second kappa shape index (κ2) is 10.1. The van der Waals surface area contributed by atoms with Crippen molar-refractivity contribution in [2.45, 2.75) is 33.4 Å². The Morgan fingerprint density at radius 1 is 1.17 bits per heavy atom. The van der Waals surface area contributed by atoms with Gasteiger partial charge in [0.1, 0.15) is 10.8 Å². The number of rotatable bonds is 7. The average molecular weight is 417 g/mol. The highest BCUT2D eigenvalue weighted by Gasteiger charge is 2.29. The predicted octanol–water partition coefficient (Wildman–Crippen LogP) is 4.42. The molecular formula is C22H25FN2O3S. The van der Waals surface area contributed by atoms with Crippen LogP contribution in [0.4, 0.5) is 10.1 Å². The topological polar surface area (TPSA) is 58.6 Å². The smallest absolute Gasteiger partial charge is 0.337 e. The fraction of sp³-hybridized carbons (Fsp3) is 0.318. The molecular weight excluding hydrogens is 391 g/mol. The predicted molar refractivity (Wildman–Crippen MR) is 115 cm³/mol. The number of thiocarbonyl (C=S) groups is 1. The third-order valence-corrected chi connectivity index (χ3v) is 4.83. The Morgan fingerprint density at radius 3 is 2.34 bits per heavy atom. The van der Waals surface area contributed by atoms with Crippen molar-refractivity contribution in [1.29, 1.82) is 0 Å². The molecule has 2 rings (SSSR count). The lowest BCUT2D eigenvalue weighted by Crippen LogP contribution is -2.48. The van der Waals surface area contributed by atoms with E-state index in [-0.39, 0.29) is 23.1 Å². The quantitative estimate of drug-likeness (QED) is 0.535. The van der Waals surface area contributed by atoms with Crippen LogP contribution >= 0.6 is 12.2 Å². The molecule has 1 atom stereocenters. The van der Waals surface area contributed by atoms with Gasteiger partial charge in [-0.1, -0.05) is 56.4 Å². The van der Waals surface area contributed by atoms with E-state index in [1.165, 1.54) is 26.2 Å². The second-order valence-corrected chi connectivity index (χ2v) is 7.44. The minimum absolute atomic E-state index is 0.0000147. The molecule has 0 aliphatic rings. The van der Waals surface area contributed by atoms with Crippen LogP contribution in [0.5, 0.6) is 0 Å². The van der Waals surface area contributed by atoms with Crippen LogP contribution in [-0.4, -0.2) is 34.9 Å². The number of carbonyl (C=O) groups is 2. The van der Waals surface area contributed by atoms with Gasteiger partial charge >= 0.3 is 5.97 Å². The van der Waals surface area contributed by atoms with Crippen LogP contribution in [0.1, 0.15) is 36.7 Å². The zero-order chi connectivity index (χ0) is 21.6. The Balaban J connectivity index is 2.26. The minimum atomic E-state index is -0.629. The molecule has 5 nitrogen and oxygen atoms in total. The summed E-state index contributed by atoms with van der Waals surface area (Å²) < 4.78 is 19.1. The summed E-state index contributed by atoms with van der Waals surface area (Å²) in [5, 5.41) is 2.91. The number of amides is 1. The molecule has 0 bridgehead atoms. The molecule has 0 saturated heterocycles. The monoisotopic (exact) mass is 416 g/mol. The van der Waals surface area contributed by atoms with Gasteiger partial charge in [0, 0.05) is 13.5 Å². The number of methoxy groups -OCH3 is 1. The number of nitrogens with zero attached hydrogens (tertiary/aromatic N) is 1. The van der Waals surface area contributed by atoms with Gasteiger partial charge in [0.25, 0.3) is 0 Å². The van der Waals surface area contributed by atoms with Gasteiger partial charge in [-0.3, -0.25) is 4.79 Å². The highest BCUT2D eigenvalue weighted by atomic mass is 32.1. The van der Waals surface area contributed by atoms with Crippen LogP contribution in [-0.2, 0) is 16.1 Å². The molecule has 1 unspecified atom stereocenters. The summed E-state index contributed by atoms with van der Waals surface area (Å²) in [6.07, 6.45) is 0. The normalized spacial score (nSPS) is 11.7. The molecule has 2 aromatic carbocycles. The molecule has 0 aliphatic carbocycles. The number of benzene rings is 2. The molecule has 29 heavy (non-hydrogen) atoms. The number of nitrogens with one attached hydrogen (secondary N) is 1. The standard InChI is InChI=1S/C22H25FN2O3S/c1-14(2)20(25(15(3)26)13-16-8-6-5-7-9-16)21(29)24-19-11-10-17(12-18(19)23)22(27)28-4/h5-12,14,20H,13H2,1-4H3,(H,24,29). The van der Waals surface area contributed by atoms with E-state index in [1.807, 2.05) is 44.2 Å². The van der Waals surface area contributed by atoms with E-state index >= 15 is 0 Å². The van der Waals surface area contributed by atoms with E-state index < -0.39 is 17.8 Å². The average Bonchev–Trinajstić information content (AvgIpc) is 2.68. The maximum Gasteiger partial charge on any atom is 0.337 e. The van der Waals surface area contributed by atoms with E-state index in [9.17, 15) is 14.0 Å². The zero-order valence-corrected chi connectivity index (χ0v) is 17.8. The molecule has 0 saturated carbocycles. The lowest BCUT2D eigenvalue weighted by atomic mass is 10.0. The first-order valence-corrected chi connectivity index (χ1v) is 9.65. The van der Waals surface area contributed by atoms with Gasteiger partial charge in [-0.15, -0.1) is 0 Å². The van der Waals surface area contributed by atoms with Crippen molar-refractivity contribution in [1.82, 2.24) is 4.90 Å². The minimum Gasteiger partial charge on any atom is -0.465 e. The van der Waals surface area contributed by atoms with Crippen LogP contribution in [0.25, 0.3) is 0 Å². The highest BCUT2D eigenvalue weighted by molar-refractivity contribution is 7.80. The fourth-order valence-corrected chi connectivity index (χ4v) is 3.57. The summed E-state index contributed by atoms with van der Waals surface area (Å²) in [6, 6.07) is 13.2. The third-order valence-electron chi connectivity index (χ3n) is 4.48. The molecule has 0 aromatic heterocycles. The van der Waals surface area contributed by atoms with Gasteiger partial charge < -0.3 is 15.0 Å². The van der Waals surface area contributed by atoms with Crippen molar-refractivity contribution in [3.05, 3.63) is 65.5 Å². The van der Waals surface area contributed by atoms with Crippen molar-refractivity contribution < 1.29 is 18.7 Å². The van der Waals surface area contributed by atoms with Crippen molar-refractivity contribution in [3.8, 4) is 0 Å². The Bertz CT molecular complexity index is 887. The molecule has 154 valence electrons. The van der Waals surface area contributed by atoms with Crippen LogP contribution in [0.2, 0.25) is 0 Å². The Kier molecular flexibility index (Phi) is 7.84. The van der Waals surface area contributed by atoms with Crippen molar-refractivity contribution in [3.63, 3.8) is 0 Å². The fourth-order valence-electron chi connectivity index (χ4n) is 3.06. The zero-order valence-electron chi connectivity index (χ0n) is 16.9. The first-order chi connectivity index (χ1) is 13.7. The molecule has 7 heteroatoms. The van der Waals surface area contributed by atoms with Gasteiger partial charge in [0.05, 0.1) is 24.4 Å². The summed E-state index contributed by atoms with van der Waals surface area (Å²) in [6.45, 7) is 5.80. The Morgan fingerprint density at radius 2 is 1.83 bits per heavy atom. The summed E-state index contributed by atoms with van der Waals surface area (Å²) >= 11 is 5.55. The number of ether oxygens (including phenoxy) is 1. The van der Waals surface area contributed by atoms with E-state index in [4.69, 9.17) is 12.2 Å². The highest BCUT2D eigenvalue weighted by Crippen LogP contribution is 2.21. The van der Waals surface area contributed by atoms with Crippen LogP contribution < -0.4 is 5.32 Å². The largest absolute Gasteiger partial charge is 0.465 e.